The molecule has 0 aromatic carbocycles. The second kappa shape index (κ2) is 9.03. The molecule has 1 atom stereocenters. The molecule has 1 heterocycles. The van der Waals surface area contributed by atoms with E-state index in [0.29, 0.717) is 18.1 Å². The molecular weight excluding hydrogens is 276 g/mol. The van der Waals surface area contributed by atoms with Gasteiger partial charge < -0.3 is 14.6 Å². The first-order chi connectivity index (χ1) is 9.58. The first kappa shape index (κ1) is 17.1. The van der Waals surface area contributed by atoms with Gasteiger partial charge in [-0.05, 0) is 51.5 Å². The highest BCUT2D eigenvalue weighted by Crippen LogP contribution is 2.21. The average Bonchev–Trinajstić information content (AvgIpc) is 2.92. The van der Waals surface area contributed by atoms with Crippen LogP contribution in [0.4, 0.5) is 0 Å². The number of alkyl halides is 1. The fourth-order valence-electron chi connectivity index (χ4n) is 1.98. The minimum atomic E-state index is -0.217. The number of carbonyl (C=O) groups excluding carboxylic acids is 1. The summed E-state index contributed by atoms with van der Waals surface area (Å²) in [6.07, 6.45) is 2.06. The van der Waals surface area contributed by atoms with Gasteiger partial charge in [0, 0.05) is 6.54 Å². The number of unbranched alkanes of at least 4 members (excludes halogenated alkanes) is 1. The van der Waals surface area contributed by atoms with Crippen LogP contribution in [0, 0.1) is 0 Å². The zero-order chi connectivity index (χ0) is 15.0. The van der Waals surface area contributed by atoms with Crippen molar-refractivity contribution >= 4 is 17.5 Å². The first-order valence-electron chi connectivity index (χ1n) is 7.32. The summed E-state index contributed by atoms with van der Waals surface area (Å²) in [5.74, 6) is 0.783. The number of rotatable bonds is 9. The van der Waals surface area contributed by atoms with E-state index in [9.17, 15) is 4.79 Å². The van der Waals surface area contributed by atoms with E-state index < -0.39 is 0 Å². The summed E-state index contributed by atoms with van der Waals surface area (Å²) in [6, 6.07) is 3.41. The summed E-state index contributed by atoms with van der Waals surface area (Å²) >= 11 is 5.89. The van der Waals surface area contributed by atoms with Gasteiger partial charge in [0.2, 0.25) is 0 Å². The summed E-state index contributed by atoms with van der Waals surface area (Å²) in [5, 5.41) is 2.65. The number of carbonyl (C=O) groups is 1. The van der Waals surface area contributed by atoms with Gasteiger partial charge in [-0.15, -0.1) is 11.6 Å². The lowest BCUT2D eigenvalue weighted by Crippen LogP contribution is -2.27. The van der Waals surface area contributed by atoms with Crippen LogP contribution < -0.4 is 5.32 Å². The minimum Gasteiger partial charge on any atom is -0.454 e. The molecule has 0 bridgehead atoms. The van der Waals surface area contributed by atoms with Crippen LogP contribution in [-0.2, 0) is 0 Å². The Labute approximate surface area is 126 Å². The number of furan rings is 1. The predicted molar refractivity (Wildman–Crippen MR) is 82.3 cm³/mol. The highest BCUT2D eigenvalue weighted by Gasteiger charge is 2.13. The first-order valence-corrected chi connectivity index (χ1v) is 7.76. The summed E-state index contributed by atoms with van der Waals surface area (Å²) in [4.78, 5) is 14.2. The Morgan fingerprint density at radius 3 is 2.60 bits per heavy atom. The molecule has 5 heteroatoms. The third kappa shape index (κ3) is 5.55. The Morgan fingerprint density at radius 1 is 1.35 bits per heavy atom. The van der Waals surface area contributed by atoms with Crippen molar-refractivity contribution in [3.05, 3.63) is 23.7 Å². The second-order valence-corrected chi connectivity index (χ2v) is 5.46. The lowest BCUT2D eigenvalue weighted by molar-refractivity contribution is 0.0923. The molecule has 0 radical (unpaired) electrons. The molecule has 0 aliphatic carbocycles. The standard InChI is InChI=1S/C15H25ClN2O2/c1-4-18(5-2)11-7-6-10-17-15(19)14-9-8-13(20-14)12(3)16/h8-9,12H,4-7,10-11H2,1-3H3,(H,17,19). The zero-order valence-electron chi connectivity index (χ0n) is 12.6. The molecule has 1 amide bonds. The van der Waals surface area contributed by atoms with E-state index in [0.717, 1.165) is 32.5 Å². The van der Waals surface area contributed by atoms with Gasteiger partial charge in [0.25, 0.3) is 5.91 Å². The van der Waals surface area contributed by atoms with Gasteiger partial charge >= 0.3 is 0 Å². The lowest BCUT2D eigenvalue weighted by Gasteiger charge is -2.17. The Hall–Kier alpha value is -1.00. The minimum absolute atomic E-state index is 0.170. The number of nitrogens with zero attached hydrogens (tertiary/aromatic N) is 1. The normalized spacial score (nSPS) is 12.7. The van der Waals surface area contributed by atoms with Gasteiger partial charge in [0.1, 0.15) is 5.76 Å². The van der Waals surface area contributed by atoms with Crippen LogP contribution in [0.1, 0.15) is 55.3 Å². The number of hydrogen-bond donors (Lipinski definition) is 1. The predicted octanol–water partition coefficient (Wildman–Crippen LogP) is 3.43. The van der Waals surface area contributed by atoms with Gasteiger partial charge in [-0.2, -0.15) is 0 Å². The Morgan fingerprint density at radius 2 is 2.05 bits per heavy atom. The molecule has 0 aliphatic heterocycles. The van der Waals surface area contributed by atoms with Crippen LogP contribution in [0.2, 0.25) is 0 Å². The van der Waals surface area contributed by atoms with E-state index in [-0.39, 0.29) is 11.3 Å². The summed E-state index contributed by atoms with van der Waals surface area (Å²) < 4.78 is 5.38. The number of nitrogens with one attached hydrogen (secondary N) is 1. The highest BCUT2D eigenvalue weighted by molar-refractivity contribution is 6.20. The van der Waals surface area contributed by atoms with Gasteiger partial charge in [-0.25, -0.2) is 0 Å². The maximum atomic E-state index is 11.8. The molecule has 0 saturated carbocycles. The summed E-state index contributed by atoms with van der Waals surface area (Å²) in [5.41, 5.74) is 0. The van der Waals surface area contributed by atoms with Crippen molar-refractivity contribution in [1.82, 2.24) is 10.2 Å². The van der Waals surface area contributed by atoms with Crippen LogP contribution in [0.5, 0.6) is 0 Å². The van der Waals surface area contributed by atoms with Crippen molar-refractivity contribution in [2.24, 2.45) is 0 Å². The Kier molecular flexibility index (Phi) is 7.70. The lowest BCUT2D eigenvalue weighted by atomic mass is 10.3. The van der Waals surface area contributed by atoms with Crippen LogP contribution >= 0.6 is 11.6 Å². The van der Waals surface area contributed by atoms with E-state index in [1.807, 2.05) is 6.92 Å². The Balaban J connectivity index is 2.22. The molecular formula is C15H25ClN2O2. The molecule has 114 valence electrons. The zero-order valence-corrected chi connectivity index (χ0v) is 13.4. The molecule has 20 heavy (non-hydrogen) atoms. The van der Waals surface area contributed by atoms with E-state index >= 15 is 0 Å². The van der Waals surface area contributed by atoms with Crippen LogP contribution in [0.15, 0.2) is 16.5 Å². The molecule has 1 N–H and O–H groups in total. The fraction of sp³-hybridized carbons (Fsp3) is 0.667. The van der Waals surface area contributed by atoms with Crippen molar-refractivity contribution in [2.75, 3.05) is 26.2 Å². The third-order valence-corrected chi connectivity index (χ3v) is 3.54. The van der Waals surface area contributed by atoms with Gasteiger partial charge in [0.15, 0.2) is 5.76 Å². The molecule has 1 aromatic rings. The quantitative estimate of drug-likeness (QED) is 0.561. The molecule has 0 fully saturated rings. The molecule has 4 nitrogen and oxygen atoms in total. The fourth-order valence-corrected chi connectivity index (χ4v) is 2.10. The van der Waals surface area contributed by atoms with E-state index in [2.05, 4.69) is 24.1 Å². The maximum Gasteiger partial charge on any atom is 0.286 e. The molecule has 0 aliphatic rings. The van der Waals surface area contributed by atoms with Crippen molar-refractivity contribution in [3.8, 4) is 0 Å². The van der Waals surface area contributed by atoms with Crippen molar-refractivity contribution in [1.29, 1.82) is 0 Å². The SMILES string of the molecule is CCN(CC)CCCCNC(=O)c1ccc(C(C)Cl)o1. The van der Waals surface area contributed by atoms with Crippen LogP contribution in [0.25, 0.3) is 0 Å². The van der Waals surface area contributed by atoms with Crippen molar-refractivity contribution in [2.45, 2.75) is 39.0 Å². The van der Waals surface area contributed by atoms with Crippen molar-refractivity contribution in [3.63, 3.8) is 0 Å². The van der Waals surface area contributed by atoms with Crippen LogP contribution in [-0.4, -0.2) is 37.0 Å². The average molecular weight is 301 g/mol. The monoisotopic (exact) mass is 300 g/mol. The van der Waals surface area contributed by atoms with Gasteiger partial charge in [0.05, 0.1) is 5.38 Å². The topological polar surface area (TPSA) is 45.5 Å². The molecule has 1 unspecified atom stereocenters. The molecule has 0 saturated heterocycles. The van der Waals surface area contributed by atoms with E-state index in [1.54, 1.807) is 12.1 Å². The second-order valence-electron chi connectivity index (χ2n) is 4.81. The smallest absolute Gasteiger partial charge is 0.286 e. The number of halogens is 1. The number of hydrogen-bond acceptors (Lipinski definition) is 3. The largest absolute Gasteiger partial charge is 0.454 e. The summed E-state index contributed by atoms with van der Waals surface area (Å²) in [6.45, 7) is 10.1. The van der Waals surface area contributed by atoms with Crippen LogP contribution in [0.3, 0.4) is 0 Å². The van der Waals surface area contributed by atoms with E-state index in [1.165, 1.54) is 0 Å². The van der Waals surface area contributed by atoms with Gasteiger partial charge in [-0.3, -0.25) is 4.79 Å². The molecule has 1 rings (SSSR count). The molecule has 0 spiro atoms. The maximum absolute atomic E-state index is 11.8. The summed E-state index contributed by atoms with van der Waals surface area (Å²) in [7, 11) is 0. The van der Waals surface area contributed by atoms with E-state index in [4.69, 9.17) is 16.0 Å². The molecule has 1 aromatic heterocycles. The van der Waals surface area contributed by atoms with Gasteiger partial charge in [-0.1, -0.05) is 13.8 Å². The highest BCUT2D eigenvalue weighted by atomic mass is 35.5. The Bertz CT molecular complexity index is 400. The number of amides is 1. The van der Waals surface area contributed by atoms with Crippen molar-refractivity contribution < 1.29 is 9.21 Å². The third-order valence-electron chi connectivity index (χ3n) is 3.32.